The molecule has 0 bridgehead atoms. The molecule has 1 aromatic carbocycles. The summed E-state index contributed by atoms with van der Waals surface area (Å²) in [6.45, 7) is 2.73. The van der Waals surface area contributed by atoms with E-state index in [1.54, 1.807) is 0 Å². The largest absolute Gasteiger partial charge is 0.501 e. The van der Waals surface area contributed by atoms with Crippen molar-refractivity contribution in [3.63, 3.8) is 0 Å². The molecule has 5 nitrogen and oxygen atoms in total. The number of amides is 1. The molecule has 0 radical (unpaired) electrons. The van der Waals surface area contributed by atoms with Crippen LogP contribution in [0.15, 0.2) is 23.1 Å². The summed E-state index contributed by atoms with van der Waals surface area (Å²) >= 11 is 0. The van der Waals surface area contributed by atoms with E-state index >= 15 is 0 Å². The van der Waals surface area contributed by atoms with Crippen LogP contribution >= 0.6 is 0 Å². The summed E-state index contributed by atoms with van der Waals surface area (Å²) < 4.78 is 76.0. The molecule has 1 fully saturated rings. The van der Waals surface area contributed by atoms with Gasteiger partial charge in [-0.2, -0.15) is 13.2 Å². The molecule has 1 unspecified atom stereocenters. The lowest BCUT2D eigenvalue weighted by molar-refractivity contribution is -0.125. The molecule has 0 aromatic heterocycles. The van der Waals surface area contributed by atoms with Gasteiger partial charge in [0.2, 0.25) is 5.91 Å². The fourth-order valence-electron chi connectivity index (χ4n) is 2.89. The topological polar surface area (TPSA) is 66.5 Å². The lowest BCUT2D eigenvalue weighted by Crippen LogP contribution is -2.44. The molecule has 1 atom stereocenters. The van der Waals surface area contributed by atoms with Crippen LogP contribution in [-0.2, 0) is 14.6 Å². The van der Waals surface area contributed by atoms with Crippen LogP contribution < -0.4 is 10.2 Å². The molecular weight excluding hydrogens is 376 g/mol. The number of nitrogens with zero attached hydrogens (tertiary/aromatic N) is 1. The van der Waals surface area contributed by atoms with Crippen molar-refractivity contribution in [2.24, 2.45) is 5.92 Å². The highest BCUT2D eigenvalue weighted by molar-refractivity contribution is 7.92. The van der Waals surface area contributed by atoms with Gasteiger partial charge in [-0.25, -0.2) is 12.8 Å². The summed E-state index contributed by atoms with van der Waals surface area (Å²) in [6.07, 6.45) is 1.80. The van der Waals surface area contributed by atoms with E-state index < -0.39 is 32.0 Å². The summed E-state index contributed by atoms with van der Waals surface area (Å²) in [6, 6.07) is 2.30. The van der Waals surface area contributed by atoms with Gasteiger partial charge in [0, 0.05) is 19.6 Å². The van der Waals surface area contributed by atoms with E-state index in [2.05, 4.69) is 5.32 Å². The number of nitrogens with one attached hydrogen (secondary N) is 1. The average molecular weight is 396 g/mol. The van der Waals surface area contributed by atoms with Crippen LogP contribution in [0.1, 0.15) is 26.2 Å². The highest BCUT2D eigenvalue weighted by Gasteiger charge is 2.48. The number of hydrogen-bond acceptors (Lipinski definition) is 4. The minimum absolute atomic E-state index is 0.0710. The van der Waals surface area contributed by atoms with Gasteiger partial charge in [0.15, 0.2) is 0 Å². The Balaban J connectivity index is 2.35. The van der Waals surface area contributed by atoms with Crippen LogP contribution in [0.25, 0.3) is 0 Å². The Bertz CT molecular complexity index is 765. The molecule has 0 saturated carbocycles. The van der Waals surface area contributed by atoms with Crippen molar-refractivity contribution in [1.82, 2.24) is 5.32 Å². The Kier molecular flexibility index (Phi) is 6.15. The zero-order valence-corrected chi connectivity index (χ0v) is 15.0. The van der Waals surface area contributed by atoms with Crippen LogP contribution in [0.3, 0.4) is 0 Å². The third-order valence-corrected chi connectivity index (χ3v) is 5.71. The molecule has 1 N–H and O–H groups in total. The standard InChI is InChI=1S/C16H20F4N2O3S/c1-2-7-21-15(23)11-4-3-8-22(10-11)13-6-5-12(17)9-14(13)26(24,25)16(18,19)20/h5-6,9,11H,2-4,7-8,10H2,1H3,(H,21,23). The molecule has 1 aliphatic heterocycles. The second-order valence-corrected chi connectivity index (χ2v) is 8.05. The Labute approximate surface area is 149 Å². The maximum atomic E-state index is 13.5. The number of rotatable bonds is 5. The number of piperidine rings is 1. The molecule has 1 saturated heterocycles. The monoisotopic (exact) mass is 396 g/mol. The predicted molar refractivity (Wildman–Crippen MR) is 87.9 cm³/mol. The molecule has 10 heteroatoms. The van der Waals surface area contributed by atoms with E-state index in [9.17, 15) is 30.8 Å². The average Bonchev–Trinajstić information content (AvgIpc) is 2.58. The van der Waals surface area contributed by atoms with Crippen molar-refractivity contribution in [3.8, 4) is 0 Å². The SMILES string of the molecule is CCCNC(=O)C1CCCN(c2ccc(F)cc2S(=O)(=O)C(F)(F)F)C1. The van der Waals surface area contributed by atoms with Crippen molar-refractivity contribution < 1.29 is 30.8 Å². The fourth-order valence-corrected chi connectivity index (χ4v) is 3.88. The highest BCUT2D eigenvalue weighted by Crippen LogP contribution is 2.37. The number of alkyl halides is 3. The van der Waals surface area contributed by atoms with Crippen molar-refractivity contribution in [1.29, 1.82) is 0 Å². The normalized spacial score (nSPS) is 18.7. The van der Waals surface area contributed by atoms with E-state index in [4.69, 9.17) is 0 Å². The summed E-state index contributed by atoms with van der Waals surface area (Å²) in [5.41, 5.74) is -5.78. The number of sulfone groups is 1. The quantitative estimate of drug-likeness (QED) is 0.778. The first-order chi connectivity index (χ1) is 12.1. The second-order valence-electron chi connectivity index (χ2n) is 6.14. The Hall–Kier alpha value is -1.84. The first kappa shape index (κ1) is 20.5. The van der Waals surface area contributed by atoms with Gasteiger partial charge in [0.1, 0.15) is 10.7 Å². The van der Waals surface area contributed by atoms with E-state index in [0.29, 0.717) is 25.5 Å². The smallest absolute Gasteiger partial charge is 0.370 e. The third-order valence-electron chi connectivity index (χ3n) is 4.20. The van der Waals surface area contributed by atoms with Crippen molar-refractivity contribution >= 4 is 21.4 Å². The van der Waals surface area contributed by atoms with E-state index in [1.165, 1.54) is 4.90 Å². The summed E-state index contributed by atoms with van der Waals surface area (Å²) in [5, 5.41) is 2.73. The molecule has 1 aromatic rings. The molecular formula is C16H20F4N2O3S. The molecule has 1 amide bonds. The van der Waals surface area contributed by atoms with Crippen LogP contribution in [0, 0.1) is 11.7 Å². The molecule has 0 spiro atoms. The van der Waals surface area contributed by atoms with Gasteiger partial charge in [0.25, 0.3) is 9.84 Å². The zero-order valence-electron chi connectivity index (χ0n) is 14.1. The van der Waals surface area contributed by atoms with E-state index in [1.807, 2.05) is 6.92 Å². The van der Waals surface area contributed by atoms with E-state index in [-0.39, 0.29) is 24.7 Å². The zero-order chi connectivity index (χ0) is 19.5. The molecule has 26 heavy (non-hydrogen) atoms. The maximum Gasteiger partial charge on any atom is 0.501 e. The lowest BCUT2D eigenvalue weighted by atomic mass is 9.96. The van der Waals surface area contributed by atoms with Gasteiger partial charge in [-0.15, -0.1) is 0 Å². The maximum absolute atomic E-state index is 13.5. The van der Waals surface area contributed by atoms with Gasteiger partial charge in [-0.05, 0) is 37.5 Å². The molecule has 1 aliphatic rings. The van der Waals surface area contributed by atoms with Crippen LogP contribution in [0.2, 0.25) is 0 Å². The number of carbonyl (C=O) groups excluding carboxylic acids is 1. The summed E-state index contributed by atoms with van der Waals surface area (Å²) in [4.78, 5) is 12.4. The number of anilines is 1. The third kappa shape index (κ3) is 4.28. The van der Waals surface area contributed by atoms with Crippen molar-refractivity contribution in [3.05, 3.63) is 24.0 Å². The highest BCUT2D eigenvalue weighted by atomic mass is 32.2. The predicted octanol–water partition coefficient (Wildman–Crippen LogP) is 2.86. The van der Waals surface area contributed by atoms with Crippen molar-refractivity contribution in [2.45, 2.75) is 36.6 Å². The summed E-state index contributed by atoms with van der Waals surface area (Å²) in [5.74, 6) is -1.77. The van der Waals surface area contributed by atoms with Crippen LogP contribution in [0.5, 0.6) is 0 Å². The van der Waals surface area contributed by atoms with Gasteiger partial charge < -0.3 is 10.2 Å². The van der Waals surface area contributed by atoms with Crippen LogP contribution in [0.4, 0.5) is 23.2 Å². The minimum atomic E-state index is -5.71. The van der Waals surface area contributed by atoms with Gasteiger partial charge >= 0.3 is 5.51 Å². The van der Waals surface area contributed by atoms with Gasteiger partial charge in [0.05, 0.1) is 11.6 Å². The first-order valence-electron chi connectivity index (χ1n) is 8.21. The lowest BCUT2D eigenvalue weighted by Gasteiger charge is -2.34. The number of halogens is 4. The number of benzene rings is 1. The van der Waals surface area contributed by atoms with Crippen molar-refractivity contribution in [2.75, 3.05) is 24.5 Å². The Morgan fingerprint density at radius 2 is 2.04 bits per heavy atom. The molecule has 2 rings (SSSR count). The molecule has 1 heterocycles. The van der Waals surface area contributed by atoms with E-state index in [0.717, 1.165) is 18.6 Å². The number of hydrogen-bond donors (Lipinski definition) is 1. The minimum Gasteiger partial charge on any atom is -0.370 e. The Morgan fingerprint density at radius 1 is 1.35 bits per heavy atom. The van der Waals surface area contributed by atoms with Crippen LogP contribution in [-0.4, -0.2) is 39.5 Å². The first-order valence-corrected chi connectivity index (χ1v) is 9.69. The van der Waals surface area contributed by atoms with Gasteiger partial charge in [-0.1, -0.05) is 6.92 Å². The fraction of sp³-hybridized carbons (Fsp3) is 0.562. The number of carbonyl (C=O) groups is 1. The molecule has 0 aliphatic carbocycles. The van der Waals surface area contributed by atoms with Gasteiger partial charge in [-0.3, -0.25) is 4.79 Å². The molecule has 146 valence electrons. The Morgan fingerprint density at radius 3 is 2.65 bits per heavy atom. The second kappa shape index (κ2) is 7.81. The summed E-state index contributed by atoms with van der Waals surface area (Å²) in [7, 11) is -5.71.